The summed E-state index contributed by atoms with van der Waals surface area (Å²) in [6.45, 7) is 0. The standard InChI is InChI=1S/C13H9F3Se/c14-13(15,16)11-8-4-5-9-12(11)17-10-6-2-1-3-7-10/h1-9H. The van der Waals surface area contributed by atoms with E-state index in [-0.39, 0.29) is 15.0 Å². The van der Waals surface area contributed by atoms with E-state index in [1.165, 1.54) is 6.07 Å². The van der Waals surface area contributed by atoms with Crippen LogP contribution in [0.1, 0.15) is 5.56 Å². The Balaban J connectivity index is 2.34. The molecule has 0 aliphatic rings. The second kappa shape index (κ2) is 4.94. The molecule has 0 nitrogen and oxygen atoms in total. The summed E-state index contributed by atoms with van der Waals surface area (Å²) in [6, 6.07) is 15.0. The first-order chi connectivity index (χ1) is 8.07. The average Bonchev–Trinajstić information content (AvgIpc) is 2.30. The zero-order valence-corrected chi connectivity index (χ0v) is 10.5. The molecule has 17 heavy (non-hydrogen) atoms. The second-order valence-electron chi connectivity index (χ2n) is 3.41. The topological polar surface area (TPSA) is 0 Å². The molecule has 0 aliphatic heterocycles. The first-order valence-corrected chi connectivity index (χ1v) is 6.68. The molecule has 0 radical (unpaired) electrons. The van der Waals surface area contributed by atoms with Crippen LogP contribution in [0.5, 0.6) is 0 Å². The van der Waals surface area contributed by atoms with Gasteiger partial charge in [-0.3, -0.25) is 0 Å². The van der Waals surface area contributed by atoms with Crippen molar-refractivity contribution in [3.05, 3.63) is 60.2 Å². The minimum atomic E-state index is -4.27. The molecule has 88 valence electrons. The third-order valence-corrected chi connectivity index (χ3v) is 4.44. The van der Waals surface area contributed by atoms with Gasteiger partial charge in [0.15, 0.2) is 0 Å². The van der Waals surface area contributed by atoms with Crippen molar-refractivity contribution in [2.75, 3.05) is 0 Å². The van der Waals surface area contributed by atoms with Crippen molar-refractivity contribution < 1.29 is 13.2 Å². The number of hydrogen-bond donors (Lipinski definition) is 0. The van der Waals surface area contributed by atoms with E-state index in [0.717, 1.165) is 10.5 Å². The summed E-state index contributed by atoms with van der Waals surface area (Å²) >= 11 is -0.312. The van der Waals surface area contributed by atoms with E-state index >= 15 is 0 Å². The molecule has 0 saturated heterocycles. The van der Waals surface area contributed by atoms with Crippen molar-refractivity contribution in [1.82, 2.24) is 0 Å². The summed E-state index contributed by atoms with van der Waals surface area (Å²) in [5.41, 5.74) is -0.524. The first kappa shape index (κ1) is 12.2. The maximum absolute atomic E-state index is 12.8. The summed E-state index contributed by atoms with van der Waals surface area (Å²) in [4.78, 5) is 0. The second-order valence-corrected chi connectivity index (χ2v) is 5.75. The van der Waals surface area contributed by atoms with Crippen LogP contribution in [0, 0.1) is 0 Å². The number of halogens is 3. The molecule has 0 heterocycles. The van der Waals surface area contributed by atoms with Gasteiger partial charge in [0.2, 0.25) is 0 Å². The van der Waals surface area contributed by atoms with Crippen molar-refractivity contribution >= 4 is 23.9 Å². The van der Waals surface area contributed by atoms with E-state index in [1.807, 2.05) is 30.3 Å². The van der Waals surface area contributed by atoms with Gasteiger partial charge < -0.3 is 0 Å². The molecular weight excluding hydrogens is 292 g/mol. The molecule has 0 saturated carbocycles. The quantitative estimate of drug-likeness (QED) is 0.747. The van der Waals surface area contributed by atoms with Gasteiger partial charge in [0.05, 0.1) is 0 Å². The van der Waals surface area contributed by atoms with Gasteiger partial charge in [0, 0.05) is 0 Å². The van der Waals surface area contributed by atoms with Gasteiger partial charge in [-0.1, -0.05) is 0 Å². The Morgan fingerprint density at radius 2 is 1.35 bits per heavy atom. The average molecular weight is 301 g/mol. The summed E-state index contributed by atoms with van der Waals surface area (Å²) in [5.74, 6) is 0. The fraction of sp³-hybridized carbons (Fsp3) is 0.0769. The van der Waals surface area contributed by atoms with Crippen molar-refractivity contribution in [1.29, 1.82) is 0 Å². The van der Waals surface area contributed by atoms with E-state index in [2.05, 4.69) is 0 Å². The van der Waals surface area contributed by atoms with Crippen molar-refractivity contribution in [3.8, 4) is 0 Å². The first-order valence-electron chi connectivity index (χ1n) is 4.96. The van der Waals surface area contributed by atoms with Crippen LogP contribution in [0.15, 0.2) is 54.6 Å². The Hall–Kier alpha value is -1.25. The monoisotopic (exact) mass is 302 g/mol. The van der Waals surface area contributed by atoms with Gasteiger partial charge in [-0.05, 0) is 0 Å². The van der Waals surface area contributed by atoms with Crippen LogP contribution in [-0.4, -0.2) is 15.0 Å². The number of hydrogen-bond acceptors (Lipinski definition) is 0. The van der Waals surface area contributed by atoms with Gasteiger partial charge in [-0.2, -0.15) is 0 Å². The molecule has 0 aromatic heterocycles. The predicted octanol–water partition coefficient (Wildman–Crippen LogP) is 2.36. The SMILES string of the molecule is FC(F)(F)c1ccccc1[Se]c1ccccc1. The summed E-state index contributed by atoms with van der Waals surface area (Å²) in [5, 5.41) is 0. The number of benzene rings is 2. The number of alkyl halides is 3. The molecule has 0 atom stereocenters. The van der Waals surface area contributed by atoms with Crippen LogP contribution >= 0.6 is 0 Å². The summed E-state index contributed by atoms with van der Waals surface area (Å²) in [6.07, 6.45) is -4.27. The molecule has 0 N–H and O–H groups in total. The fourth-order valence-corrected chi connectivity index (χ4v) is 3.48. The zero-order valence-electron chi connectivity index (χ0n) is 8.74. The summed E-state index contributed by atoms with van der Waals surface area (Å²) in [7, 11) is 0. The normalized spacial score (nSPS) is 11.5. The van der Waals surface area contributed by atoms with Crippen molar-refractivity contribution in [2.24, 2.45) is 0 Å². The molecule has 2 rings (SSSR count). The van der Waals surface area contributed by atoms with E-state index in [4.69, 9.17) is 0 Å². The third-order valence-electron chi connectivity index (χ3n) is 2.16. The number of rotatable bonds is 2. The van der Waals surface area contributed by atoms with E-state index < -0.39 is 11.7 Å². The van der Waals surface area contributed by atoms with Crippen molar-refractivity contribution in [2.45, 2.75) is 6.18 Å². The molecule has 0 fully saturated rings. The Labute approximate surface area is 104 Å². The van der Waals surface area contributed by atoms with Crippen LogP contribution in [0.25, 0.3) is 0 Å². The Kier molecular flexibility index (Phi) is 3.55. The molecular formula is C13H9F3Se. The van der Waals surface area contributed by atoms with Crippen LogP contribution < -0.4 is 8.92 Å². The van der Waals surface area contributed by atoms with Crippen LogP contribution in [0.2, 0.25) is 0 Å². The van der Waals surface area contributed by atoms with Crippen molar-refractivity contribution in [3.63, 3.8) is 0 Å². The molecule has 2 aromatic carbocycles. The Morgan fingerprint density at radius 3 is 2.00 bits per heavy atom. The van der Waals surface area contributed by atoms with Gasteiger partial charge >= 0.3 is 103 Å². The maximum atomic E-state index is 12.8. The van der Waals surface area contributed by atoms with Gasteiger partial charge in [0.1, 0.15) is 0 Å². The van der Waals surface area contributed by atoms with E-state index in [1.54, 1.807) is 12.1 Å². The molecule has 0 unspecified atom stereocenters. The molecule has 0 aliphatic carbocycles. The zero-order chi connectivity index (χ0) is 12.3. The van der Waals surface area contributed by atoms with E-state index in [9.17, 15) is 13.2 Å². The van der Waals surface area contributed by atoms with Crippen LogP contribution in [-0.2, 0) is 6.18 Å². The molecule has 0 spiro atoms. The summed E-state index contributed by atoms with van der Waals surface area (Å²) < 4.78 is 39.6. The third kappa shape index (κ3) is 3.11. The van der Waals surface area contributed by atoms with Crippen LogP contribution in [0.3, 0.4) is 0 Å². The molecule has 0 amide bonds. The van der Waals surface area contributed by atoms with Gasteiger partial charge in [-0.25, -0.2) is 0 Å². The molecule has 4 heteroatoms. The van der Waals surface area contributed by atoms with Gasteiger partial charge in [-0.15, -0.1) is 0 Å². The minimum absolute atomic E-state index is 0.312. The van der Waals surface area contributed by atoms with Gasteiger partial charge in [0.25, 0.3) is 0 Å². The Morgan fingerprint density at radius 1 is 0.765 bits per heavy atom. The molecule has 0 bridgehead atoms. The predicted molar refractivity (Wildman–Crippen MR) is 62.9 cm³/mol. The van der Waals surface area contributed by atoms with Crippen LogP contribution in [0.4, 0.5) is 13.2 Å². The Bertz CT molecular complexity index is 492. The van der Waals surface area contributed by atoms with E-state index in [0.29, 0.717) is 4.46 Å². The fourth-order valence-electron chi connectivity index (χ4n) is 1.41. The molecule has 2 aromatic rings.